The topological polar surface area (TPSA) is 80.7 Å². The summed E-state index contributed by atoms with van der Waals surface area (Å²) < 4.78 is 4.77. The van der Waals surface area contributed by atoms with Gasteiger partial charge in [-0.05, 0) is 25.5 Å². The van der Waals surface area contributed by atoms with Crippen molar-refractivity contribution in [1.29, 1.82) is 0 Å². The normalized spacial score (nSPS) is 14.2. The van der Waals surface area contributed by atoms with Crippen LogP contribution in [-0.4, -0.2) is 34.9 Å². The van der Waals surface area contributed by atoms with E-state index < -0.39 is 23.3 Å². The van der Waals surface area contributed by atoms with Crippen molar-refractivity contribution in [3.05, 3.63) is 71.3 Å². The van der Waals surface area contributed by atoms with Crippen LogP contribution < -0.4 is 0 Å². The predicted octanol–water partition coefficient (Wildman–Crippen LogP) is 2.90. The first-order chi connectivity index (χ1) is 12.3. The van der Waals surface area contributed by atoms with E-state index in [1.807, 2.05) is 6.07 Å². The summed E-state index contributed by atoms with van der Waals surface area (Å²) in [6.45, 7) is 4.38. The number of aliphatic hydroxyl groups is 1. The zero-order valence-corrected chi connectivity index (χ0v) is 15.1. The SMILES string of the molecule is CCOC(=O)[C@@](C)(O)C(=O)[C@@H](C)c1cccc(C(=O)c2ccccc2)c1. The largest absolute Gasteiger partial charge is 0.464 e. The zero-order valence-electron chi connectivity index (χ0n) is 15.1. The van der Waals surface area contributed by atoms with Crippen molar-refractivity contribution in [3.63, 3.8) is 0 Å². The van der Waals surface area contributed by atoms with E-state index in [4.69, 9.17) is 4.74 Å². The maximum atomic E-state index is 12.6. The highest BCUT2D eigenvalue weighted by molar-refractivity contribution is 6.10. The molecule has 0 aliphatic rings. The Morgan fingerprint density at radius 3 is 2.27 bits per heavy atom. The molecule has 136 valence electrons. The van der Waals surface area contributed by atoms with E-state index in [-0.39, 0.29) is 12.4 Å². The van der Waals surface area contributed by atoms with Crippen molar-refractivity contribution in [2.75, 3.05) is 6.61 Å². The van der Waals surface area contributed by atoms with Crippen LogP contribution in [-0.2, 0) is 14.3 Å². The lowest BCUT2D eigenvalue weighted by atomic mass is 9.85. The number of carbonyl (C=O) groups excluding carboxylic acids is 3. The molecule has 0 spiro atoms. The number of esters is 1. The molecule has 0 aliphatic carbocycles. The fourth-order valence-corrected chi connectivity index (χ4v) is 2.65. The second-order valence-corrected chi connectivity index (χ2v) is 6.20. The fraction of sp³-hybridized carbons (Fsp3) is 0.286. The van der Waals surface area contributed by atoms with Gasteiger partial charge in [0.15, 0.2) is 11.6 Å². The van der Waals surface area contributed by atoms with E-state index in [2.05, 4.69) is 0 Å². The molecule has 5 heteroatoms. The van der Waals surface area contributed by atoms with E-state index in [1.54, 1.807) is 62.4 Å². The molecule has 2 rings (SSSR count). The quantitative estimate of drug-likeness (QED) is 0.470. The molecule has 2 atom stereocenters. The van der Waals surface area contributed by atoms with Crippen molar-refractivity contribution in [1.82, 2.24) is 0 Å². The van der Waals surface area contributed by atoms with Gasteiger partial charge in [0, 0.05) is 17.0 Å². The van der Waals surface area contributed by atoms with Crippen molar-refractivity contribution in [2.24, 2.45) is 0 Å². The molecule has 2 aromatic carbocycles. The van der Waals surface area contributed by atoms with E-state index in [9.17, 15) is 19.5 Å². The Labute approximate surface area is 152 Å². The first-order valence-corrected chi connectivity index (χ1v) is 8.42. The van der Waals surface area contributed by atoms with E-state index in [0.29, 0.717) is 16.7 Å². The molecule has 0 radical (unpaired) electrons. The maximum absolute atomic E-state index is 12.6. The number of hydrogen-bond donors (Lipinski definition) is 1. The smallest absolute Gasteiger partial charge is 0.345 e. The molecule has 0 amide bonds. The first kappa shape index (κ1) is 19.5. The van der Waals surface area contributed by atoms with Gasteiger partial charge in [-0.1, -0.05) is 55.5 Å². The lowest BCUT2D eigenvalue weighted by molar-refractivity contribution is -0.168. The first-order valence-electron chi connectivity index (χ1n) is 8.42. The van der Waals surface area contributed by atoms with Crippen LogP contribution in [0.4, 0.5) is 0 Å². The van der Waals surface area contributed by atoms with E-state index in [1.165, 1.54) is 0 Å². The third-order valence-electron chi connectivity index (χ3n) is 4.23. The van der Waals surface area contributed by atoms with Gasteiger partial charge < -0.3 is 9.84 Å². The Kier molecular flexibility index (Phi) is 6.05. The van der Waals surface area contributed by atoms with Gasteiger partial charge in [0.2, 0.25) is 5.60 Å². The van der Waals surface area contributed by atoms with Crippen molar-refractivity contribution < 1.29 is 24.2 Å². The van der Waals surface area contributed by atoms with Crippen LogP contribution >= 0.6 is 0 Å². The van der Waals surface area contributed by atoms with Crippen LogP contribution in [0.15, 0.2) is 54.6 Å². The molecule has 0 fully saturated rings. The van der Waals surface area contributed by atoms with Crippen LogP contribution in [0.25, 0.3) is 0 Å². The summed E-state index contributed by atoms with van der Waals surface area (Å²) in [5.41, 5.74) is -0.720. The number of hydrogen-bond acceptors (Lipinski definition) is 5. The highest BCUT2D eigenvalue weighted by Crippen LogP contribution is 2.25. The van der Waals surface area contributed by atoms with Gasteiger partial charge in [-0.3, -0.25) is 9.59 Å². The molecule has 5 nitrogen and oxygen atoms in total. The second-order valence-electron chi connectivity index (χ2n) is 6.20. The Bertz CT molecular complexity index is 808. The van der Waals surface area contributed by atoms with Crippen LogP contribution in [0, 0.1) is 0 Å². The third-order valence-corrected chi connectivity index (χ3v) is 4.23. The summed E-state index contributed by atoms with van der Waals surface area (Å²) in [5, 5.41) is 10.3. The number of ether oxygens (including phenoxy) is 1. The summed E-state index contributed by atoms with van der Waals surface area (Å²) in [6, 6.07) is 15.5. The summed E-state index contributed by atoms with van der Waals surface area (Å²) >= 11 is 0. The van der Waals surface area contributed by atoms with Gasteiger partial charge in [-0.15, -0.1) is 0 Å². The number of Topliss-reactive ketones (excluding diaryl/α,β-unsaturated/α-hetero) is 1. The lowest BCUT2D eigenvalue weighted by Gasteiger charge is -2.23. The Balaban J connectivity index is 2.28. The highest BCUT2D eigenvalue weighted by atomic mass is 16.5. The van der Waals surface area contributed by atoms with Crippen molar-refractivity contribution in [3.8, 4) is 0 Å². The predicted molar refractivity (Wildman–Crippen MR) is 97.0 cm³/mol. The van der Waals surface area contributed by atoms with E-state index in [0.717, 1.165) is 6.92 Å². The molecule has 0 unspecified atom stereocenters. The number of benzene rings is 2. The molecule has 1 N–H and O–H groups in total. The zero-order chi connectivity index (χ0) is 19.3. The minimum atomic E-state index is -2.24. The van der Waals surface area contributed by atoms with Crippen LogP contribution in [0.1, 0.15) is 48.2 Å². The monoisotopic (exact) mass is 354 g/mol. The maximum Gasteiger partial charge on any atom is 0.345 e. The van der Waals surface area contributed by atoms with Gasteiger partial charge in [-0.25, -0.2) is 4.79 Å². The van der Waals surface area contributed by atoms with Gasteiger partial charge in [0.1, 0.15) is 0 Å². The number of carbonyl (C=O) groups is 3. The molecule has 0 heterocycles. The van der Waals surface area contributed by atoms with E-state index >= 15 is 0 Å². The average molecular weight is 354 g/mol. The number of ketones is 2. The molecular formula is C21H22O5. The highest BCUT2D eigenvalue weighted by Gasteiger charge is 2.42. The number of rotatable bonds is 7. The lowest BCUT2D eigenvalue weighted by Crippen LogP contribution is -2.46. The second kappa shape index (κ2) is 8.06. The summed E-state index contributed by atoms with van der Waals surface area (Å²) in [6.07, 6.45) is 0. The van der Waals surface area contributed by atoms with Gasteiger partial charge in [-0.2, -0.15) is 0 Å². The minimum absolute atomic E-state index is 0.0672. The van der Waals surface area contributed by atoms with Crippen molar-refractivity contribution >= 4 is 17.5 Å². The molecule has 2 aromatic rings. The molecule has 26 heavy (non-hydrogen) atoms. The van der Waals surface area contributed by atoms with Crippen LogP contribution in [0.3, 0.4) is 0 Å². The molecule has 0 bridgehead atoms. The van der Waals surface area contributed by atoms with Gasteiger partial charge in [0.25, 0.3) is 0 Å². The summed E-state index contributed by atoms with van der Waals surface area (Å²) in [7, 11) is 0. The Hall–Kier alpha value is -2.79. The summed E-state index contributed by atoms with van der Waals surface area (Å²) in [5.74, 6) is -2.60. The molecule has 0 saturated carbocycles. The van der Waals surface area contributed by atoms with Crippen LogP contribution in [0.2, 0.25) is 0 Å². The molecule has 0 saturated heterocycles. The van der Waals surface area contributed by atoms with Gasteiger partial charge >= 0.3 is 5.97 Å². The minimum Gasteiger partial charge on any atom is -0.464 e. The standard InChI is InChI=1S/C21H22O5/c1-4-26-20(24)21(3,25)19(23)14(2)16-11-8-12-17(13-16)18(22)15-9-6-5-7-10-15/h5-14,25H,4H2,1-3H3/t14-,21-/m0/s1. The van der Waals surface area contributed by atoms with Crippen molar-refractivity contribution in [2.45, 2.75) is 32.3 Å². The average Bonchev–Trinajstić information content (AvgIpc) is 2.67. The third kappa shape index (κ3) is 4.06. The van der Waals surface area contributed by atoms with Crippen LogP contribution in [0.5, 0.6) is 0 Å². The fourth-order valence-electron chi connectivity index (χ4n) is 2.65. The Morgan fingerprint density at radius 1 is 1.04 bits per heavy atom. The molecule has 0 aliphatic heterocycles. The molecular weight excluding hydrogens is 332 g/mol. The summed E-state index contributed by atoms with van der Waals surface area (Å²) in [4.78, 5) is 37.0. The van der Waals surface area contributed by atoms with Gasteiger partial charge in [0.05, 0.1) is 6.61 Å². The molecule has 0 aromatic heterocycles. The Morgan fingerprint density at radius 2 is 1.65 bits per heavy atom.